The Hall–Kier alpha value is -1.99. The number of hydrogen-bond donors (Lipinski definition) is 0. The van der Waals surface area contributed by atoms with Gasteiger partial charge in [-0.3, -0.25) is 4.79 Å². The predicted molar refractivity (Wildman–Crippen MR) is 99.1 cm³/mol. The monoisotopic (exact) mass is 362 g/mol. The van der Waals surface area contributed by atoms with Crippen molar-refractivity contribution in [1.29, 1.82) is 0 Å². The number of ether oxygens (including phenoxy) is 3. The molecule has 7 heteroatoms. The van der Waals surface area contributed by atoms with Crippen LogP contribution in [0.4, 0.5) is 0 Å². The van der Waals surface area contributed by atoms with Crippen molar-refractivity contribution in [3.63, 3.8) is 0 Å². The molecule has 2 aliphatic rings. The highest BCUT2D eigenvalue weighted by molar-refractivity contribution is 8.18. The van der Waals surface area contributed by atoms with Crippen molar-refractivity contribution in [1.82, 2.24) is 4.90 Å². The van der Waals surface area contributed by atoms with Crippen LogP contribution in [0, 0.1) is 0 Å². The maximum atomic E-state index is 12.3. The molecule has 6 nitrogen and oxygen atoms in total. The van der Waals surface area contributed by atoms with Crippen molar-refractivity contribution in [2.45, 2.75) is 26.1 Å². The van der Waals surface area contributed by atoms with E-state index in [9.17, 15) is 4.79 Å². The Bertz CT molecular complexity index is 722. The van der Waals surface area contributed by atoms with Gasteiger partial charge in [-0.15, -0.1) is 0 Å². The standard InChI is InChI=1S/C18H22N2O4S/c1-11-9-20(10-12(2)24-11)18-19-17(21)16(25-18)7-13-5-6-14(22-3)8-15(13)23-4/h5-8,11-12H,9-10H2,1-4H3/b16-7+. The van der Waals surface area contributed by atoms with Gasteiger partial charge < -0.3 is 19.1 Å². The van der Waals surface area contributed by atoms with Gasteiger partial charge in [0.25, 0.3) is 5.91 Å². The Kier molecular flexibility index (Phi) is 5.34. The topological polar surface area (TPSA) is 60.4 Å². The molecule has 2 unspecified atom stereocenters. The number of benzene rings is 1. The SMILES string of the molecule is COc1ccc(/C=C2/SC(N3CC(C)OC(C)C3)=NC2=O)c(OC)c1. The van der Waals surface area contributed by atoms with E-state index in [2.05, 4.69) is 9.89 Å². The van der Waals surface area contributed by atoms with Crippen LogP contribution in [0.25, 0.3) is 6.08 Å². The molecule has 0 spiro atoms. The molecule has 0 N–H and O–H groups in total. The molecule has 2 atom stereocenters. The van der Waals surface area contributed by atoms with Gasteiger partial charge in [-0.2, -0.15) is 4.99 Å². The fourth-order valence-corrected chi connectivity index (χ4v) is 3.87. The van der Waals surface area contributed by atoms with Crippen LogP contribution in [0.2, 0.25) is 0 Å². The number of nitrogens with zero attached hydrogens (tertiary/aromatic N) is 2. The molecule has 0 radical (unpaired) electrons. The Morgan fingerprint density at radius 2 is 1.96 bits per heavy atom. The van der Waals surface area contributed by atoms with Crippen molar-refractivity contribution in [2.75, 3.05) is 27.3 Å². The number of thioether (sulfide) groups is 1. The van der Waals surface area contributed by atoms with Gasteiger partial charge in [-0.1, -0.05) is 0 Å². The summed E-state index contributed by atoms with van der Waals surface area (Å²) in [4.78, 5) is 19.2. The molecular formula is C18H22N2O4S. The molecule has 25 heavy (non-hydrogen) atoms. The summed E-state index contributed by atoms with van der Waals surface area (Å²) in [7, 11) is 3.20. The van der Waals surface area contributed by atoms with Gasteiger partial charge in [0.05, 0.1) is 31.3 Å². The second kappa shape index (κ2) is 7.49. The summed E-state index contributed by atoms with van der Waals surface area (Å²) in [5, 5.41) is 0.741. The van der Waals surface area contributed by atoms with Gasteiger partial charge >= 0.3 is 0 Å². The summed E-state index contributed by atoms with van der Waals surface area (Å²) in [5.41, 5.74) is 0.819. The number of amides is 1. The minimum absolute atomic E-state index is 0.122. The highest BCUT2D eigenvalue weighted by atomic mass is 32.2. The van der Waals surface area contributed by atoms with Gasteiger partial charge in [-0.25, -0.2) is 0 Å². The molecule has 0 bridgehead atoms. The molecule has 134 valence electrons. The zero-order chi connectivity index (χ0) is 18.0. The van der Waals surface area contributed by atoms with E-state index in [0.717, 1.165) is 23.8 Å². The van der Waals surface area contributed by atoms with E-state index in [0.29, 0.717) is 16.4 Å². The van der Waals surface area contributed by atoms with Crippen LogP contribution in [0.15, 0.2) is 28.1 Å². The number of carbonyl (C=O) groups excluding carboxylic acids is 1. The van der Waals surface area contributed by atoms with Crippen LogP contribution in [0.3, 0.4) is 0 Å². The molecule has 1 fully saturated rings. The van der Waals surface area contributed by atoms with Crippen LogP contribution in [-0.2, 0) is 9.53 Å². The smallest absolute Gasteiger partial charge is 0.286 e. The Morgan fingerprint density at radius 3 is 2.60 bits per heavy atom. The van der Waals surface area contributed by atoms with Crippen LogP contribution in [-0.4, -0.2) is 55.5 Å². The average Bonchev–Trinajstić information content (AvgIpc) is 2.95. The van der Waals surface area contributed by atoms with Crippen molar-refractivity contribution in [2.24, 2.45) is 4.99 Å². The number of aliphatic imine (C=N–C) groups is 1. The minimum atomic E-state index is -0.218. The van der Waals surface area contributed by atoms with Crippen LogP contribution in [0.5, 0.6) is 11.5 Å². The van der Waals surface area contributed by atoms with E-state index in [1.54, 1.807) is 20.3 Å². The fourth-order valence-electron chi connectivity index (χ4n) is 2.95. The summed E-state index contributed by atoms with van der Waals surface area (Å²) in [6, 6.07) is 5.51. The number of amidine groups is 1. The van der Waals surface area contributed by atoms with Crippen LogP contribution >= 0.6 is 11.8 Å². The van der Waals surface area contributed by atoms with E-state index < -0.39 is 0 Å². The summed E-state index contributed by atoms with van der Waals surface area (Å²) < 4.78 is 16.3. The van der Waals surface area contributed by atoms with Gasteiger partial charge in [0.1, 0.15) is 11.5 Å². The molecule has 1 aromatic carbocycles. The Labute approximate surface area is 151 Å². The fraction of sp³-hybridized carbons (Fsp3) is 0.444. The summed E-state index contributed by atoms with van der Waals surface area (Å²) in [5.74, 6) is 1.14. The first kappa shape index (κ1) is 17.8. The lowest BCUT2D eigenvalue weighted by Gasteiger charge is -2.35. The van der Waals surface area contributed by atoms with E-state index in [4.69, 9.17) is 14.2 Å². The summed E-state index contributed by atoms with van der Waals surface area (Å²) >= 11 is 1.40. The molecule has 1 saturated heterocycles. The number of hydrogen-bond acceptors (Lipinski definition) is 6. The Morgan fingerprint density at radius 1 is 1.24 bits per heavy atom. The second-order valence-electron chi connectivity index (χ2n) is 6.08. The van der Waals surface area contributed by atoms with Gasteiger partial charge in [0.2, 0.25) is 0 Å². The summed E-state index contributed by atoms with van der Waals surface area (Å²) in [6.07, 6.45) is 2.06. The predicted octanol–water partition coefficient (Wildman–Crippen LogP) is 2.78. The first-order valence-electron chi connectivity index (χ1n) is 8.15. The first-order valence-corrected chi connectivity index (χ1v) is 8.96. The van der Waals surface area contributed by atoms with E-state index >= 15 is 0 Å². The third-order valence-corrected chi connectivity index (χ3v) is 5.07. The van der Waals surface area contributed by atoms with Crippen molar-refractivity contribution in [3.05, 3.63) is 28.7 Å². The molecular weight excluding hydrogens is 340 g/mol. The van der Waals surface area contributed by atoms with Gasteiger partial charge in [0, 0.05) is 24.7 Å². The molecule has 3 rings (SSSR count). The molecule has 0 saturated carbocycles. The lowest BCUT2D eigenvalue weighted by molar-refractivity contribution is -0.113. The van der Waals surface area contributed by atoms with E-state index in [1.165, 1.54) is 11.8 Å². The first-order chi connectivity index (χ1) is 12.0. The van der Waals surface area contributed by atoms with Crippen molar-refractivity contribution < 1.29 is 19.0 Å². The second-order valence-corrected chi connectivity index (χ2v) is 7.09. The molecule has 0 aromatic heterocycles. The minimum Gasteiger partial charge on any atom is -0.497 e. The number of rotatable bonds is 3. The quantitative estimate of drug-likeness (QED) is 0.771. The van der Waals surface area contributed by atoms with E-state index in [1.807, 2.05) is 32.1 Å². The maximum absolute atomic E-state index is 12.3. The zero-order valence-electron chi connectivity index (χ0n) is 14.8. The number of methoxy groups -OCH3 is 2. The summed E-state index contributed by atoms with van der Waals surface area (Å²) in [6.45, 7) is 5.54. The lowest BCUT2D eigenvalue weighted by Crippen LogP contribution is -2.47. The van der Waals surface area contributed by atoms with Crippen LogP contribution < -0.4 is 9.47 Å². The third-order valence-electron chi connectivity index (χ3n) is 4.03. The van der Waals surface area contributed by atoms with Crippen LogP contribution in [0.1, 0.15) is 19.4 Å². The maximum Gasteiger partial charge on any atom is 0.286 e. The molecule has 1 amide bonds. The number of carbonyl (C=O) groups is 1. The van der Waals surface area contributed by atoms with Crippen molar-refractivity contribution >= 4 is 28.9 Å². The molecule has 2 aliphatic heterocycles. The van der Waals surface area contributed by atoms with Crippen molar-refractivity contribution in [3.8, 4) is 11.5 Å². The molecule has 1 aromatic rings. The highest BCUT2D eigenvalue weighted by Gasteiger charge is 2.31. The highest BCUT2D eigenvalue weighted by Crippen LogP contribution is 2.34. The Balaban J connectivity index is 1.79. The normalized spacial score (nSPS) is 25.3. The van der Waals surface area contributed by atoms with Gasteiger partial charge in [-0.05, 0) is 43.8 Å². The van der Waals surface area contributed by atoms with E-state index in [-0.39, 0.29) is 18.1 Å². The lowest BCUT2D eigenvalue weighted by atomic mass is 10.1. The molecule has 2 heterocycles. The third kappa shape index (κ3) is 3.99. The average molecular weight is 362 g/mol. The zero-order valence-corrected chi connectivity index (χ0v) is 15.6. The largest absolute Gasteiger partial charge is 0.497 e. The van der Waals surface area contributed by atoms with Gasteiger partial charge in [0.15, 0.2) is 5.17 Å². The molecule has 0 aliphatic carbocycles. The number of morpholine rings is 1.